The predicted octanol–water partition coefficient (Wildman–Crippen LogP) is 1.57. The second kappa shape index (κ2) is 5.64. The van der Waals surface area contributed by atoms with Crippen molar-refractivity contribution in [3.8, 4) is 5.75 Å². The maximum Gasteiger partial charge on any atom is 0.255 e. The van der Waals surface area contributed by atoms with Crippen LogP contribution in [0.25, 0.3) is 0 Å². The zero-order valence-corrected chi connectivity index (χ0v) is 11.8. The van der Waals surface area contributed by atoms with Gasteiger partial charge in [0.1, 0.15) is 12.0 Å². The van der Waals surface area contributed by atoms with Gasteiger partial charge in [-0.25, -0.2) is 0 Å². The minimum Gasteiger partial charge on any atom is -0.482 e. The first kappa shape index (κ1) is 12.7. The van der Waals surface area contributed by atoms with E-state index in [0.717, 1.165) is 13.4 Å². The third kappa shape index (κ3) is 3.59. The molecule has 0 saturated heterocycles. The first-order chi connectivity index (χ1) is 7.04. The van der Waals surface area contributed by atoms with Crippen molar-refractivity contribution in [2.45, 2.75) is 0 Å². The van der Waals surface area contributed by atoms with Gasteiger partial charge in [0, 0.05) is 5.56 Å². The van der Waals surface area contributed by atoms with Crippen LogP contribution in [0.1, 0.15) is 10.4 Å². The third-order valence-corrected chi connectivity index (χ3v) is 3.12. The van der Waals surface area contributed by atoms with Gasteiger partial charge >= 0.3 is 0 Å². The molecule has 2 N–H and O–H groups in total. The van der Waals surface area contributed by atoms with Crippen LogP contribution in [0.4, 0.5) is 0 Å². The molecule has 1 amide bonds. The Kier molecular flexibility index (Phi) is 4.77. The van der Waals surface area contributed by atoms with E-state index in [1.54, 1.807) is 12.1 Å². The normalized spacial score (nSPS) is 9.73. The summed E-state index contributed by atoms with van der Waals surface area (Å²) in [5.74, 6) is 0.0571. The molecule has 0 aliphatic carbocycles. The second-order valence-electron chi connectivity index (χ2n) is 2.69. The number of rotatable bonds is 4. The Labute approximate surface area is 114 Å². The topological polar surface area (TPSA) is 69.4 Å². The Morgan fingerprint density at radius 1 is 1.40 bits per heavy atom. The zero-order chi connectivity index (χ0) is 11.4. The minimum atomic E-state index is -0.527. The van der Waals surface area contributed by atoms with Gasteiger partial charge in [0.2, 0.25) is 0 Å². The van der Waals surface area contributed by atoms with Crippen molar-refractivity contribution < 1.29 is 14.3 Å². The summed E-state index contributed by atoms with van der Waals surface area (Å²) >= 11 is 4.08. The predicted molar refractivity (Wildman–Crippen MR) is 72.0 cm³/mol. The van der Waals surface area contributed by atoms with Crippen molar-refractivity contribution in [1.82, 2.24) is 0 Å². The molecule has 0 saturated carbocycles. The molecule has 0 aromatic heterocycles. The van der Waals surface area contributed by atoms with Crippen LogP contribution in [-0.4, -0.2) is 18.8 Å². The fourth-order valence-electron chi connectivity index (χ4n) is 0.929. The quantitative estimate of drug-likeness (QED) is 0.582. The fourth-order valence-corrected chi connectivity index (χ4v) is 3.06. The van der Waals surface area contributed by atoms with Crippen LogP contribution >= 0.6 is 45.2 Å². The van der Waals surface area contributed by atoms with E-state index in [9.17, 15) is 9.59 Å². The average molecular weight is 431 g/mol. The van der Waals surface area contributed by atoms with E-state index >= 15 is 0 Å². The molecular weight excluding hydrogens is 424 g/mol. The Hall–Kier alpha value is -0.380. The molecule has 15 heavy (non-hydrogen) atoms. The van der Waals surface area contributed by atoms with Gasteiger partial charge < -0.3 is 10.5 Å². The molecule has 80 valence electrons. The van der Waals surface area contributed by atoms with Gasteiger partial charge in [-0.05, 0) is 57.3 Å². The minimum absolute atomic E-state index is 0.160. The lowest BCUT2D eigenvalue weighted by Gasteiger charge is -2.09. The molecule has 0 unspecified atom stereocenters. The molecule has 1 rings (SSSR count). The van der Waals surface area contributed by atoms with E-state index in [1.807, 2.05) is 45.2 Å². The van der Waals surface area contributed by atoms with E-state index in [0.29, 0.717) is 11.3 Å². The number of halogens is 2. The number of aldehydes is 1. The highest BCUT2D eigenvalue weighted by Crippen LogP contribution is 2.28. The lowest BCUT2D eigenvalue weighted by Crippen LogP contribution is -2.20. The van der Waals surface area contributed by atoms with E-state index < -0.39 is 5.91 Å². The molecule has 0 bridgehead atoms. The molecule has 1 aromatic carbocycles. The molecule has 0 fully saturated rings. The molecular formula is C9H7I2NO3. The van der Waals surface area contributed by atoms with Crippen LogP contribution in [0.3, 0.4) is 0 Å². The van der Waals surface area contributed by atoms with Crippen molar-refractivity contribution >= 4 is 57.4 Å². The van der Waals surface area contributed by atoms with Crippen LogP contribution < -0.4 is 10.5 Å². The van der Waals surface area contributed by atoms with Gasteiger partial charge in [0.25, 0.3) is 5.91 Å². The van der Waals surface area contributed by atoms with Gasteiger partial charge in [-0.2, -0.15) is 0 Å². The van der Waals surface area contributed by atoms with Crippen LogP contribution in [0.5, 0.6) is 5.75 Å². The summed E-state index contributed by atoms with van der Waals surface area (Å²) in [5.41, 5.74) is 5.55. The number of hydrogen-bond donors (Lipinski definition) is 1. The Bertz CT molecular complexity index is 383. The lowest BCUT2D eigenvalue weighted by atomic mass is 10.2. The summed E-state index contributed by atoms with van der Waals surface area (Å²) in [5, 5.41) is 0. The molecule has 1 aromatic rings. The molecule has 0 heterocycles. The largest absolute Gasteiger partial charge is 0.482 e. The van der Waals surface area contributed by atoms with Gasteiger partial charge in [0.05, 0.1) is 7.14 Å². The fraction of sp³-hybridized carbons (Fsp3) is 0.111. The maximum atomic E-state index is 10.6. The van der Waals surface area contributed by atoms with E-state index in [2.05, 4.69) is 0 Å². The molecule has 0 aliphatic heterocycles. The Morgan fingerprint density at radius 3 is 2.33 bits per heavy atom. The highest BCUT2D eigenvalue weighted by molar-refractivity contribution is 14.1. The molecule has 0 aliphatic rings. The third-order valence-electron chi connectivity index (χ3n) is 1.52. The second-order valence-corrected chi connectivity index (χ2v) is 5.01. The van der Waals surface area contributed by atoms with E-state index in [-0.39, 0.29) is 6.61 Å². The highest BCUT2D eigenvalue weighted by atomic mass is 127. The smallest absolute Gasteiger partial charge is 0.255 e. The zero-order valence-electron chi connectivity index (χ0n) is 7.50. The van der Waals surface area contributed by atoms with Crippen molar-refractivity contribution in [2.24, 2.45) is 5.73 Å². The standard InChI is InChI=1S/C9H7I2NO3/c10-6-1-5(3-13)2-7(11)9(6)15-4-8(12)14/h1-3H,4H2,(H2,12,14). The Balaban J connectivity index is 2.97. The van der Waals surface area contributed by atoms with Gasteiger partial charge in [-0.3, -0.25) is 9.59 Å². The maximum absolute atomic E-state index is 10.6. The Morgan fingerprint density at radius 2 is 1.93 bits per heavy atom. The number of hydrogen-bond acceptors (Lipinski definition) is 3. The summed E-state index contributed by atoms with van der Waals surface area (Å²) < 4.78 is 6.78. The van der Waals surface area contributed by atoms with Crippen molar-refractivity contribution in [3.63, 3.8) is 0 Å². The summed E-state index contributed by atoms with van der Waals surface area (Å²) in [6, 6.07) is 3.37. The number of amides is 1. The van der Waals surface area contributed by atoms with Crippen LogP contribution in [0.2, 0.25) is 0 Å². The van der Waals surface area contributed by atoms with E-state index in [4.69, 9.17) is 10.5 Å². The molecule has 0 radical (unpaired) electrons. The number of ether oxygens (including phenoxy) is 1. The average Bonchev–Trinajstić information content (AvgIpc) is 2.15. The lowest BCUT2D eigenvalue weighted by molar-refractivity contribution is -0.119. The number of nitrogens with two attached hydrogens (primary N) is 1. The molecule has 0 atom stereocenters. The van der Waals surface area contributed by atoms with Crippen molar-refractivity contribution in [2.75, 3.05) is 6.61 Å². The first-order valence-electron chi connectivity index (χ1n) is 3.90. The number of carbonyl (C=O) groups is 2. The van der Waals surface area contributed by atoms with Crippen molar-refractivity contribution in [1.29, 1.82) is 0 Å². The van der Waals surface area contributed by atoms with Gasteiger partial charge in [-0.15, -0.1) is 0 Å². The molecule has 6 heteroatoms. The SMILES string of the molecule is NC(=O)COc1c(I)cc(C=O)cc1I. The van der Waals surface area contributed by atoms with Gasteiger partial charge in [-0.1, -0.05) is 0 Å². The first-order valence-corrected chi connectivity index (χ1v) is 6.05. The monoisotopic (exact) mass is 431 g/mol. The van der Waals surface area contributed by atoms with Crippen molar-refractivity contribution in [3.05, 3.63) is 24.8 Å². The van der Waals surface area contributed by atoms with Gasteiger partial charge in [0.15, 0.2) is 6.61 Å². The molecule has 0 spiro atoms. The molecule has 4 nitrogen and oxygen atoms in total. The van der Waals surface area contributed by atoms with Crippen LogP contribution in [0, 0.1) is 7.14 Å². The summed E-state index contributed by atoms with van der Waals surface area (Å²) in [4.78, 5) is 21.1. The van der Waals surface area contributed by atoms with E-state index in [1.165, 1.54) is 0 Å². The highest BCUT2D eigenvalue weighted by Gasteiger charge is 2.09. The van der Waals surface area contributed by atoms with Crippen LogP contribution in [0.15, 0.2) is 12.1 Å². The van der Waals surface area contributed by atoms with Crippen LogP contribution in [-0.2, 0) is 4.79 Å². The number of carbonyl (C=O) groups excluding carboxylic acids is 2. The summed E-state index contributed by atoms with van der Waals surface area (Å²) in [6.07, 6.45) is 0.766. The summed E-state index contributed by atoms with van der Waals surface area (Å²) in [6.45, 7) is -0.160. The number of primary amides is 1. The number of benzene rings is 1. The summed E-state index contributed by atoms with van der Waals surface area (Å²) in [7, 11) is 0.